The predicted molar refractivity (Wildman–Crippen MR) is 164 cm³/mol. The lowest BCUT2D eigenvalue weighted by atomic mass is 10.1. The Morgan fingerprint density at radius 1 is 0.977 bits per heavy atom. The molecule has 0 atom stereocenters. The molecular formula is C30H43N5O7S. The maximum absolute atomic E-state index is 13.8. The number of sulfonamides is 1. The van der Waals surface area contributed by atoms with E-state index in [0.29, 0.717) is 61.7 Å². The summed E-state index contributed by atoms with van der Waals surface area (Å²) in [6.45, 7) is 11.6. The number of aromatic nitrogens is 3. The highest BCUT2D eigenvalue weighted by Gasteiger charge is 2.30. The maximum Gasteiger partial charge on any atom is 0.508 e. The van der Waals surface area contributed by atoms with Gasteiger partial charge in [-0.25, -0.2) is 18.2 Å². The van der Waals surface area contributed by atoms with Crippen LogP contribution in [0.15, 0.2) is 34.1 Å². The molecule has 1 aliphatic heterocycles. The number of aryl methyl sites for hydroxylation is 2. The summed E-state index contributed by atoms with van der Waals surface area (Å²) in [5.41, 5.74) is 2.25. The van der Waals surface area contributed by atoms with Crippen molar-refractivity contribution in [3.05, 3.63) is 40.3 Å². The van der Waals surface area contributed by atoms with E-state index in [-0.39, 0.29) is 36.0 Å². The minimum absolute atomic E-state index is 0.101. The van der Waals surface area contributed by atoms with Gasteiger partial charge in [0.25, 0.3) is 5.56 Å². The smallest absolute Gasteiger partial charge is 0.493 e. The number of rotatable bonds is 14. The van der Waals surface area contributed by atoms with E-state index in [2.05, 4.69) is 11.9 Å². The normalized spacial score (nSPS) is 14.7. The zero-order valence-corrected chi connectivity index (χ0v) is 26.4. The Morgan fingerprint density at radius 2 is 1.70 bits per heavy atom. The van der Waals surface area contributed by atoms with Crippen LogP contribution in [0.4, 0.5) is 4.79 Å². The number of hydrogen-bond donors (Lipinski definition) is 1. The summed E-state index contributed by atoms with van der Waals surface area (Å²) in [6.07, 6.45) is 4.44. The van der Waals surface area contributed by atoms with Crippen LogP contribution >= 0.6 is 0 Å². The van der Waals surface area contributed by atoms with E-state index in [1.165, 1.54) is 4.31 Å². The van der Waals surface area contributed by atoms with Gasteiger partial charge >= 0.3 is 6.16 Å². The molecule has 1 aliphatic rings. The molecule has 0 bridgehead atoms. The Balaban J connectivity index is 1.58. The molecule has 3 heterocycles. The molecule has 236 valence electrons. The standard InChI is InChI=1S/C30H43N5O7S/c1-5-9-22-21-34(8-4)27-26(22)31-28(32-29(27)36)24-20-23(10-11-25(24)40-17-6-2)43(38,39)35-14-12-33(13-15-35)16-19-42-30(37)41-18-7-3/h10-11,20-21H,5-9,12-19H2,1-4H3,(H,31,32,36). The molecule has 3 aromatic rings. The molecule has 0 spiro atoms. The first-order chi connectivity index (χ1) is 20.7. The summed E-state index contributed by atoms with van der Waals surface area (Å²) >= 11 is 0. The summed E-state index contributed by atoms with van der Waals surface area (Å²) < 4.78 is 46.8. The van der Waals surface area contributed by atoms with Crippen LogP contribution in [0.1, 0.15) is 52.5 Å². The Morgan fingerprint density at radius 3 is 2.37 bits per heavy atom. The van der Waals surface area contributed by atoms with Crippen molar-refractivity contribution in [2.75, 3.05) is 52.5 Å². The van der Waals surface area contributed by atoms with Crippen molar-refractivity contribution in [1.29, 1.82) is 0 Å². The van der Waals surface area contributed by atoms with Gasteiger partial charge in [-0.15, -0.1) is 0 Å². The Hall–Kier alpha value is -3.42. The largest absolute Gasteiger partial charge is 0.508 e. The van der Waals surface area contributed by atoms with E-state index >= 15 is 0 Å². The van der Waals surface area contributed by atoms with Crippen LogP contribution in [0.3, 0.4) is 0 Å². The topological polar surface area (TPSA) is 136 Å². The zero-order chi connectivity index (χ0) is 31.0. The molecule has 0 radical (unpaired) electrons. The average molecular weight is 618 g/mol. The number of nitrogens with one attached hydrogen (secondary N) is 1. The van der Waals surface area contributed by atoms with E-state index < -0.39 is 16.2 Å². The highest BCUT2D eigenvalue weighted by atomic mass is 32.2. The molecule has 0 aliphatic carbocycles. The second-order valence-corrected chi connectivity index (χ2v) is 12.4. The molecule has 1 N–H and O–H groups in total. The van der Waals surface area contributed by atoms with Crippen LogP contribution < -0.4 is 10.3 Å². The molecule has 2 aromatic heterocycles. The van der Waals surface area contributed by atoms with Crippen molar-refractivity contribution < 1.29 is 27.4 Å². The molecule has 0 saturated carbocycles. The first-order valence-corrected chi connectivity index (χ1v) is 16.6. The van der Waals surface area contributed by atoms with Gasteiger partial charge in [-0.1, -0.05) is 27.2 Å². The van der Waals surface area contributed by atoms with Gasteiger partial charge < -0.3 is 23.8 Å². The minimum atomic E-state index is -3.84. The number of carbonyl (C=O) groups is 1. The lowest BCUT2D eigenvalue weighted by Crippen LogP contribution is -2.49. The SMILES string of the molecule is CCCOC(=O)OCCN1CCN(S(=O)(=O)c2ccc(OCCC)c(-c3nc4c(CCC)cn(CC)c4c(=O)[nH]3)c2)CC1. The molecule has 1 aromatic carbocycles. The quantitative estimate of drug-likeness (QED) is 0.266. The van der Waals surface area contributed by atoms with Crippen molar-refractivity contribution >= 4 is 27.2 Å². The summed E-state index contributed by atoms with van der Waals surface area (Å²) in [4.78, 5) is 34.7. The van der Waals surface area contributed by atoms with E-state index in [9.17, 15) is 18.0 Å². The lowest BCUT2D eigenvalue weighted by molar-refractivity contribution is 0.0452. The molecule has 13 heteroatoms. The van der Waals surface area contributed by atoms with Gasteiger partial charge in [0.05, 0.1) is 29.2 Å². The van der Waals surface area contributed by atoms with Crippen LogP contribution in [-0.2, 0) is 32.5 Å². The molecule has 1 fully saturated rings. The number of hydrogen-bond acceptors (Lipinski definition) is 9. The number of aromatic amines is 1. The maximum atomic E-state index is 13.8. The third kappa shape index (κ3) is 7.57. The van der Waals surface area contributed by atoms with E-state index in [1.54, 1.807) is 18.2 Å². The average Bonchev–Trinajstić information content (AvgIpc) is 3.37. The van der Waals surface area contributed by atoms with Crippen molar-refractivity contribution in [3.8, 4) is 17.1 Å². The fourth-order valence-electron chi connectivity index (χ4n) is 5.12. The third-order valence-electron chi connectivity index (χ3n) is 7.35. The Kier molecular flexibility index (Phi) is 11.2. The molecular weight excluding hydrogens is 574 g/mol. The second-order valence-electron chi connectivity index (χ2n) is 10.5. The fourth-order valence-corrected chi connectivity index (χ4v) is 6.57. The number of benzene rings is 1. The number of carbonyl (C=O) groups excluding carboxylic acids is 1. The number of ether oxygens (including phenoxy) is 3. The number of H-pyrrole nitrogens is 1. The van der Waals surface area contributed by atoms with Crippen LogP contribution in [-0.4, -0.2) is 90.9 Å². The summed E-state index contributed by atoms with van der Waals surface area (Å²) in [5.74, 6) is 0.728. The van der Waals surface area contributed by atoms with Crippen molar-refractivity contribution in [2.24, 2.45) is 0 Å². The molecule has 0 amide bonds. The minimum Gasteiger partial charge on any atom is -0.493 e. The summed E-state index contributed by atoms with van der Waals surface area (Å²) in [7, 11) is -3.84. The second kappa shape index (κ2) is 14.8. The lowest BCUT2D eigenvalue weighted by Gasteiger charge is -2.33. The fraction of sp³-hybridized carbons (Fsp3) is 0.567. The van der Waals surface area contributed by atoms with Crippen LogP contribution in [0, 0.1) is 0 Å². The Labute approximate surface area is 253 Å². The molecule has 4 rings (SSSR count). The molecule has 12 nitrogen and oxygen atoms in total. The third-order valence-corrected chi connectivity index (χ3v) is 9.24. The monoisotopic (exact) mass is 617 g/mol. The van der Waals surface area contributed by atoms with Gasteiger partial charge in [0.2, 0.25) is 10.0 Å². The van der Waals surface area contributed by atoms with Gasteiger partial charge in [-0.05, 0) is 49.9 Å². The van der Waals surface area contributed by atoms with Gasteiger partial charge in [0, 0.05) is 45.5 Å². The predicted octanol–water partition coefficient (Wildman–Crippen LogP) is 4.02. The number of nitrogens with zero attached hydrogens (tertiary/aromatic N) is 4. The molecule has 43 heavy (non-hydrogen) atoms. The summed E-state index contributed by atoms with van der Waals surface area (Å²) in [5, 5.41) is 0. The van der Waals surface area contributed by atoms with Crippen molar-refractivity contribution in [3.63, 3.8) is 0 Å². The highest BCUT2D eigenvalue weighted by Crippen LogP contribution is 2.33. The van der Waals surface area contributed by atoms with Crippen molar-refractivity contribution in [2.45, 2.75) is 64.8 Å². The van der Waals surface area contributed by atoms with Crippen LogP contribution in [0.5, 0.6) is 5.75 Å². The first-order valence-electron chi connectivity index (χ1n) is 15.1. The zero-order valence-electron chi connectivity index (χ0n) is 25.6. The van der Waals surface area contributed by atoms with Crippen LogP contribution in [0.2, 0.25) is 0 Å². The highest BCUT2D eigenvalue weighted by molar-refractivity contribution is 7.89. The van der Waals surface area contributed by atoms with E-state index in [1.807, 2.05) is 36.4 Å². The van der Waals surface area contributed by atoms with Crippen molar-refractivity contribution in [1.82, 2.24) is 23.7 Å². The van der Waals surface area contributed by atoms with Crippen LogP contribution in [0.25, 0.3) is 22.4 Å². The number of fused-ring (bicyclic) bond motifs is 1. The Bertz CT molecular complexity index is 1560. The first kappa shape index (κ1) is 32.5. The summed E-state index contributed by atoms with van der Waals surface area (Å²) in [6, 6.07) is 4.72. The van der Waals surface area contributed by atoms with E-state index in [0.717, 1.165) is 31.2 Å². The van der Waals surface area contributed by atoms with Gasteiger partial charge in [-0.2, -0.15) is 4.31 Å². The van der Waals surface area contributed by atoms with Gasteiger partial charge in [0.15, 0.2) is 0 Å². The van der Waals surface area contributed by atoms with E-state index in [4.69, 9.17) is 19.2 Å². The van der Waals surface area contributed by atoms with Gasteiger partial charge in [-0.3, -0.25) is 9.69 Å². The molecule has 1 saturated heterocycles. The molecule has 0 unspecified atom stereocenters. The van der Waals surface area contributed by atoms with Gasteiger partial charge in [0.1, 0.15) is 23.7 Å². The number of piperazine rings is 1.